The second-order valence-electron chi connectivity index (χ2n) is 2.79. The van der Waals surface area contributed by atoms with Crippen molar-refractivity contribution in [3.05, 3.63) is 0 Å². The molecule has 0 radical (unpaired) electrons. The lowest BCUT2D eigenvalue weighted by molar-refractivity contribution is -0.164. The second kappa shape index (κ2) is 7.00. The predicted octanol–water partition coefficient (Wildman–Crippen LogP) is 0.520. The Labute approximate surface area is 98.0 Å². The molecular weight excluding hydrogens is 245 g/mol. The zero-order valence-corrected chi connectivity index (χ0v) is 9.96. The van der Waals surface area contributed by atoms with Crippen molar-refractivity contribution < 1.29 is 19.4 Å². The highest BCUT2D eigenvalue weighted by Gasteiger charge is 2.31. The maximum absolute atomic E-state index is 10.9. The fourth-order valence-electron chi connectivity index (χ4n) is 0.822. The van der Waals surface area contributed by atoms with Crippen LogP contribution in [0.1, 0.15) is 13.8 Å². The second-order valence-corrected chi connectivity index (χ2v) is 3.49. The summed E-state index contributed by atoms with van der Waals surface area (Å²) in [4.78, 5) is 21.8. The van der Waals surface area contributed by atoms with Crippen LogP contribution < -0.4 is 0 Å². The lowest BCUT2D eigenvalue weighted by atomic mass is 10.2. The lowest BCUT2D eigenvalue weighted by Gasteiger charge is -2.26. The Morgan fingerprint density at radius 3 is 2.40 bits per heavy atom. The number of halogens is 2. The summed E-state index contributed by atoms with van der Waals surface area (Å²) in [6.07, 6.45) is -2.69. The van der Waals surface area contributed by atoms with Gasteiger partial charge < -0.3 is 9.84 Å². The van der Waals surface area contributed by atoms with Crippen LogP contribution in [0.5, 0.6) is 0 Å². The van der Waals surface area contributed by atoms with Crippen LogP contribution in [0.3, 0.4) is 0 Å². The molecule has 1 N–H and O–H groups in total. The monoisotopic (exact) mass is 257 g/mol. The van der Waals surface area contributed by atoms with E-state index in [4.69, 9.17) is 28.1 Å². The van der Waals surface area contributed by atoms with E-state index >= 15 is 0 Å². The lowest BCUT2D eigenvalue weighted by Crippen LogP contribution is -2.45. The molecule has 7 heteroatoms. The van der Waals surface area contributed by atoms with Crippen LogP contribution in [0.2, 0.25) is 0 Å². The summed E-state index contributed by atoms with van der Waals surface area (Å²) < 4.78 is 5.75. The minimum Gasteiger partial charge on any atom is -0.441 e. The van der Waals surface area contributed by atoms with E-state index in [1.165, 1.54) is 6.92 Å². The zero-order chi connectivity index (χ0) is 12.0. The largest absolute Gasteiger partial charge is 0.441 e. The number of rotatable bonds is 6. The fraction of sp³-hybridized carbons (Fsp3) is 0.750. The molecule has 0 aliphatic carbocycles. The third kappa shape index (κ3) is 4.79. The Kier molecular flexibility index (Phi) is 6.84. The summed E-state index contributed by atoms with van der Waals surface area (Å²) >= 11 is 10.9. The van der Waals surface area contributed by atoms with Crippen molar-refractivity contribution in [3.8, 4) is 0 Å². The molecule has 88 valence electrons. The molecule has 5 nitrogen and oxygen atoms in total. The number of hydrogen-bond acceptors (Lipinski definition) is 5. The Balaban J connectivity index is 4.57. The zero-order valence-electron chi connectivity index (χ0n) is 8.44. The number of aliphatic hydroxyl groups is 1. The molecule has 2 atom stereocenters. The fourth-order valence-corrected chi connectivity index (χ4v) is 1.03. The normalized spacial score (nSPS) is 14.8. The number of ketones is 1. The van der Waals surface area contributed by atoms with Gasteiger partial charge in [-0.3, -0.25) is 9.59 Å². The van der Waals surface area contributed by atoms with E-state index in [1.54, 1.807) is 6.92 Å². The molecule has 0 spiro atoms. The summed E-state index contributed by atoms with van der Waals surface area (Å²) in [7, 11) is 0. The molecule has 2 unspecified atom stereocenters. The van der Waals surface area contributed by atoms with Crippen molar-refractivity contribution in [1.29, 1.82) is 0 Å². The topological polar surface area (TPSA) is 66.8 Å². The minimum atomic E-state index is -1.48. The van der Waals surface area contributed by atoms with Crippen molar-refractivity contribution >= 4 is 35.1 Å². The quantitative estimate of drug-likeness (QED) is 0.325. The Morgan fingerprint density at radius 1 is 1.53 bits per heavy atom. The van der Waals surface area contributed by atoms with Crippen molar-refractivity contribution in [1.82, 2.24) is 4.42 Å². The molecule has 0 bridgehead atoms. The van der Waals surface area contributed by atoms with Gasteiger partial charge in [-0.05, 0) is 18.7 Å². The standard InChI is InChI=1S/C8H13Cl2NO4/c1-3-11(10)8(7(14)5(2)12)15-6(13)4-9/h7-8,14H,3-4H2,1-2H3. The molecular formula is C8H13Cl2NO4. The summed E-state index contributed by atoms with van der Waals surface area (Å²) in [5.74, 6) is -1.65. The average molecular weight is 258 g/mol. The number of aliphatic hydroxyl groups excluding tert-OH is 1. The molecule has 0 aromatic heterocycles. The highest BCUT2D eigenvalue weighted by Crippen LogP contribution is 2.11. The van der Waals surface area contributed by atoms with Crippen LogP contribution in [0.25, 0.3) is 0 Å². The van der Waals surface area contributed by atoms with Crippen LogP contribution in [-0.2, 0) is 14.3 Å². The van der Waals surface area contributed by atoms with Crippen LogP contribution in [-0.4, -0.2) is 46.0 Å². The van der Waals surface area contributed by atoms with Crippen molar-refractivity contribution in [3.63, 3.8) is 0 Å². The van der Waals surface area contributed by atoms with Crippen LogP contribution in [0.4, 0.5) is 0 Å². The van der Waals surface area contributed by atoms with E-state index in [9.17, 15) is 14.7 Å². The van der Waals surface area contributed by atoms with Gasteiger partial charge in [0.2, 0.25) is 6.23 Å². The molecule has 0 fully saturated rings. The molecule has 0 saturated carbocycles. The number of carbonyl (C=O) groups is 2. The van der Waals surface area contributed by atoms with E-state index in [-0.39, 0.29) is 5.88 Å². The van der Waals surface area contributed by atoms with E-state index in [0.29, 0.717) is 6.54 Å². The summed E-state index contributed by atoms with van der Waals surface area (Å²) in [6, 6.07) is 0. The Bertz CT molecular complexity index is 237. The summed E-state index contributed by atoms with van der Waals surface area (Å²) in [5, 5.41) is 9.44. The molecule has 15 heavy (non-hydrogen) atoms. The number of carbonyl (C=O) groups excluding carboxylic acids is 2. The van der Waals surface area contributed by atoms with Gasteiger partial charge in [-0.1, -0.05) is 6.92 Å². The van der Waals surface area contributed by atoms with Gasteiger partial charge in [0.25, 0.3) is 0 Å². The molecule has 0 amide bonds. The predicted molar refractivity (Wildman–Crippen MR) is 55.5 cm³/mol. The number of Topliss-reactive ketones (excluding diaryl/α,β-unsaturated/α-hetero) is 1. The highest BCUT2D eigenvalue weighted by atomic mass is 35.5. The summed E-state index contributed by atoms with van der Waals surface area (Å²) in [6.45, 7) is 3.15. The van der Waals surface area contributed by atoms with Crippen LogP contribution >= 0.6 is 23.4 Å². The van der Waals surface area contributed by atoms with Gasteiger partial charge in [-0.15, -0.1) is 11.6 Å². The van der Waals surface area contributed by atoms with Crippen molar-refractivity contribution in [2.45, 2.75) is 26.2 Å². The first kappa shape index (κ1) is 14.6. The SMILES string of the molecule is CCN(Cl)C(OC(=O)CCl)C(O)C(C)=O. The van der Waals surface area contributed by atoms with Crippen LogP contribution in [0, 0.1) is 0 Å². The van der Waals surface area contributed by atoms with Crippen molar-refractivity contribution in [2.24, 2.45) is 0 Å². The number of likely N-dealkylation sites (N-methyl/N-ethyl adjacent to an activating group) is 1. The van der Waals surface area contributed by atoms with Gasteiger partial charge in [0.15, 0.2) is 11.9 Å². The highest BCUT2D eigenvalue weighted by molar-refractivity contribution is 6.26. The van der Waals surface area contributed by atoms with Gasteiger partial charge in [0, 0.05) is 6.54 Å². The van der Waals surface area contributed by atoms with Gasteiger partial charge >= 0.3 is 5.97 Å². The van der Waals surface area contributed by atoms with Gasteiger partial charge in [-0.2, -0.15) is 4.42 Å². The van der Waals surface area contributed by atoms with Crippen molar-refractivity contribution in [2.75, 3.05) is 12.4 Å². The van der Waals surface area contributed by atoms with E-state index in [0.717, 1.165) is 4.42 Å². The molecule has 0 rings (SSSR count). The average Bonchev–Trinajstić information content (AvgIpc) is 2.23. The number of esters is 1. The van der Waals surface area contributed by atoms with Gasteiger partial charge in [-0.25, -0.2) is 0 Å². The van der Waals surface area contributed by atoms with E-state index in [2.05, 4.69) is 0 Å². The third-order valence-corrected chi connectivity index (χ3v) is 2.28. The minimum absolute atomic E-state index is 0.298. The number of alkyl halides is 1. The maximum Gasteiger partial charge on any atom is 0.322 e. The Morgan fingerprint density at radius 2 is 2.07 bits per heavy atom. The van der Waals surface area contributed by atoms with E-state index in [1.807, 2.05) is 0 Å². The molecule has 0 saturated heterocycles. The summed E-state index contributed by atoms with van der Waals surface area (Å²) in [5.41, 5.74) is 0. The van der Waals surface area contributed by atoms with Gasteiger partial charge in [0.1, 0.15) is 5.88 Å². The smallest absolute Gasteiger partial charge is 0.322 e. The molecule has 0 aromatic rings. The first-order valence-corrected chi connectivity index (χ1v) is 5.17. The number of nitrogens with zero attached hydrogens (tertiary/aromatic N) is 1. The van der Waals surface area contributed by atoms with E-state index < -0.39 is 24.1 Å². The molecule has 0 aromatic carbocycles. The van der Waals surface area contributed by atoms with Gasteiger partial charge in [0.05, 0.1) is 0 Å². The first-order chi connectivity index (χ1) is 6.93. The number of ether oxygens (including phenoxy) is 1. The Hall–Kier alpha value is -0.360. The third-order valence-electron chi connectivity index (χ3n) is 1.63. The van der Waals surface area contributed by atoms with Crippen LogP contribution in [0.15, 0.2) is 0 Å². The molecule has 0 heterocycles. The number of hydrogen-bond donors (Lipinski definition) is 1. The maximum atomic E-state index is 10.9. The molecule has 0 aliphatic rings. The molecule has 0 aliphatic heterocycles. The first-order valence-electron chi connectivity index (χ1n) is 4.30.